The second kappa shape index (κ2) is 11.7. The fourth-order valence-electron chi connectivity index (χ4n) is 1.86. The maximum Gasteiger partial charge on any atom is 0.239 e. The number of nitrogens with two attached hydrogens (primary N) is 1. The van der Waals surface area contributed by atoms with E-state index in [1.54, 1.807) is 0 Å². The van der Waals surface area contributed by atoms with Crippen LogP contribution in [-0.4, -0.2) is 31.0 Å². The highest BCUT2D eigenvalue weighted by Crippen LogP contribution is 2.14. The third kappa shape index (κ3) is 9.31. The van der Waals surface area contributed by atoms with Crippen LogP contribution in [0.15, 0.2) is 24.3 Å². The van der Waals surface area contributed by atoms with Gasteiger partial charge in [-0.25, -0.2) is 0 Å². The monoisotopic (exact) mass is 371 g/mol. The Kier molecular flexibility index (Phi) is 10.9. The molecule has 7 heteroatoms. The van der Waals surface area contributed by atoms with Crippen molar-refractivity contribution < 1.29 is 14.3 Å². The highest BCUT2D eigenvalue weighted by atomic mass is 35.5. The molecule has 25 heavy (non-hydrogen) atoms. The van der Waals surface area contributed by atoms with Crippen molar-refractivity contribution >= 4 is 24.2 Å². The molecule has 142 valence electrons. The Morgan fingerprint density at radius 3 is 2.44 bits per heavy atom. The quantitative estimate of drug-likeness (QED) is 0.617. The molecule has 0 aromatic heterocycles. The minimum absolute atomic E-state index is 0. The number of benzene rings is 1. The standard InChI is InChI=1S/C18H29N3O3.ClH/c1-12(2)11-24-15-7-5-6-14(8-15)9-20-16(22)10-21-18(23)17(19)13(3)4;/h5-8,12-13,17H,9-11,19H2,1-4H3,(H,20,22)(H,21,23);1H/t17-;/m0./s1. The lowest BCUT2D eigenvalue weighted by Gasteiger charge is -2.15. The van der Waals surface area contributed by atoms with Gasteiger partial charge in [-0.05, 0) is 29.5 Å². The zero-order valence-corrected chi connectivity index (χ0v) is 16.2. The third-order valence-corrected chi connectivity index (χ3v) is 3.42. The van der Waals surface area contributed by atoms with Crippen molar-refractivity contribution in [2.24, 2.45) is 17.6 Å². The molecule has 2 amide bonds. The Labute approximate surface area is 156 Å². The summed E-state index contributed by atoms with van der Waals surface area (Å²) >= 11 is 0. The average Bonchev–Trinajstić information content (AvgIpc) is 2.55. The fraction of sp³-hybridized carbons (Fsp3) is 0.556. The van der Waals surface area contributed by atoms with E-state index >= 15 is 0 Å². The molecule has 0 saturated heterocycles. The SMILES string of the molecule is CC(C)COc1cccc(CNC(=O)CNC(=O)[C@@H](N)C(C)C)c1.Cl. The van der Waals surface area contributed by atoms with E-state index in [1.165, 1.54) is 0 Å². The molecule has 1 aromatic rings. The van der Waals surface area contributed by atoms with Gasteiger partial charge < -0.3 is 21.1 Å². The Hall–Kier alpha value is -1.79. The largest absolute Gasteiger partial charge is 0.493 e. The van der Waals surface area contributed by atoms with Gasteiger partial charge in [0.05, 0.1) is 19.2 Å². The summed E-state index contributed by atoms with van der Waals surface area (Å²) in [5, 5.41) is 5.31. The molecular weight excluding hydrogens is 342 g/mol. The molecule has 4 N–H and O–H groups in total. The van der Waals surface area contributed by atoms with Gasteiger partial charge in [0.25, 0.3) is 0 Å². The molecule has 1 aromatic carbocycles. The number of ether oxygens (including phenoxy) is 1. The van der Waals surface area contributed by atoms with Crippen LogP contribution in [0.25, 0.3) is 0 Å². The van der Waals surface area contributed by atoms with Gasteiger partial charge in [-0.1, -0.05) is 39.8 Å². The third-order valence-electron chi connectivity index (χ3n) is 3.42. The summed E-state index contributed by atoms with van der Waals surface area (Å²) in [6, 6.07) is 6.99. The highest BCUT2D eigenvalue weighted by molar-refractivity contribution is 5.87. The fourth-order valence-corrected chi connectivity index (χ4v) is 1.86. The van der Waals surface area contributed by atoms with Gasteiger partial charge in [0, 0.05) is 6.54 Å². The van der Waals surface area contributed by atoms with E-state index in [0.29, 0.717) is 19.1 Å². The van der Waals surface area contributed by atoms with Crippen LogP contribution in [0.1, 0.15) is 33.3 Å². The summed E-state index contributed by atoms with van der Waals surface area (Å²) in [6.45, 7) is 8.84. The van der Waals surface area contributed by atoms with E-state index in [-0.39, 0.29) is 36.7 Å². The molecule has 0 spiro atoms. The van der Waals surface area contributed by atoms with E-state index in [9.17, 15) is 9.59 Å². The number of hydrogen-bond donors (Lipinski definition) is 3. The summed E-state index contributed by atoms with van der Waals surface area (Å²) in [5.41, 5.74) is 6.66. The van der Waals surface area contributed by atoms with Crippen molar-refractivity contribution in [1.82, 2.24) is 10.6 Å². The zero-order valence-electron chi connectivity index (χ0n) is 15.4. The smallest absolute Gasteiger partial charge is 0.239 e. The van der Waals surface area contributed by atoms with Crippen molar-refractivity contribution in [2.45, 2.75) is 40.3 Å². The van der Waals surface area contributed by atoms with Crippen LogP contribution in [0, 0.1) is 11.8 Å². The first kappa shape index (κ1) is 23.2. The van der Waals surface area contributed by atoms with E-state index in [1.807, 2.05) is 38.1 Å². The van der Waals surface area contributed by atoms with E-state index < -0.39 is 6.04 Å². The Balaban J connectivity index is 0.00000576. The summed E-state index contributed by atoms with van der Waals surface area (Å²) in [4.78, 5) is 23.5. The number of halogens is 1. The van der Waals surface area contributed by atoms with Gasteiger partial charge in [0.15, 0.2) is 0 Å². The number of rotatable bonds is 9. The van der Waals surface area contributed by atoms with Crippen molar-refractivity contribution in [1.29, 1.82) is 0 Å². The van der Waals surface area contributed by atoms with Gasteiger partial charge in [-0.2, -0.15) is 0 Å². The first-order valence-corrected chi connectivity index (χ1v) is 8.31. The Morgan fingerprint density at radius 2 is 1.84 bits per heavy atom. The van der Waals surface area contributed by atoms with E-state index in [0.717, 1.165) is 11.3 Å². The van der Waals surface area contributed by atoms with Crippen LogP contribution < -0.4 is 21.1 Å². The van der Waals surface area contributed by atoms with Gasteiger partial charge in [-0.15, -0.1) is 12.4 Å². The van der Waals surface area contributed by atoms with Crippen LogP contribution in [-0.2, 0) is 16.1 Å². The molecular formula is C18H30ClN3O3. The van der Waals surface area contributed by atoms with Gasteiger partial charge >= 0.3 is 0 Å². The second-order valence-corrected chi connectivity index (χ2v) is 6.62. The van der Waals surface area contributed by atoms with Crippen LogP contribution in [0.4, 0.5) is 0 Å². The molecule has 0 unspecified atom stereocenters. The van der Waals surface area contributed by atoms with Gasteiger partial charge in [-0.3, -0.25) is 9.59 Å². The van der Waals surface area contributed by atoms with Crippen molar-refractivity contribution in [2.75, 3.05) is 13.2 Å². The van der Waals surface area contributed by atoms with Gasteiger partial charge in [0.2, 0.25) is 11.8 Å². The number of carbonyl (C=O) groups excluding carboxylic acids is 2. The second-order valence-electron chi connectivity index (χ2n) is 6.62. The average molecular weight is 372 g/mol. The van der Waals surface area contributed by atoms with Crippen LogP contribution in [0.3, 0.4) is 0 Å². The molecule has 6 nitrogen and oxygen atoms in total. The number of amides is 2. The van der Waals surface area contributed by atoms with E-state index in [2.05, 4.69) is 24.5 Å². The lowest BCUT2D eigenvalue weighted by Crippen LogP contribution is -2.47. The Morgan fingerprint density at radius 1 is 1.16 bits per heavy atom. The number of hydrogen-bond acceptors (Lipinski definition) is 4. The highest BCUT2D eigenvalue weighted by Gasteiger charge is 2.17. The van der Waals surface area contributed by atoms with E-state index in [4.69, 9.17) is 10.5 Å². The normalized spacial score (nSPS) is 11.6. The number of nitrogens with one attached hydrogen (secondary N) is 2. The molecule has 0 heterocycles. The molecule has 1 rings (SSSR count). The van der Waals surface area contributed by atoms with Crippen molar-refractivity contribution in [3.63, 3.8) is 0 Å². The summed E-state index contributed by atoms with van der Waals surface area (Å²) < 4.78 is 5.66. The molecule has 0 saturated carbocycles. The predicted molar refractivity (Wildman–Crippen MR) is 102 cm³/mol. The first-order chi connectivity index (χ1) is 11.3. The Bertz CT molecular complexity index is 550. The molecule has 0 aliphatic carbocycles. The van der Waals surface area contributed by atoms with Crippen molar-refractivity contribution in [3.8, 4) is 5.75 Å². The van der Waals surface area contributed by atoms with Gasteiger partial charge in [0.1, 0.15) is 5.75 Å². The van der Waals surface area contributed by atoms with Crippen LogP contribution >= 0.6 is 12.4 Å². The maximum absolute atomic E-state index is 11.8. The predicted octanol–water partition coefficient (Wildman–Crippen LogP) is 1.86. The minimum atomic E-state index is -0.604. The summed E-state index contributed by atoms with van der Waals surface area (Å²) in [7, 11) is 0. The molecule has 0 aliphatic rings. The minimum Gasteiger partial charge on any atom is -0.493 e. The molecule has 0 radical (unpaired) electrons. The van der Waals surface area contributed by atoms with Crippen LogP contribution in [0.2, 0.25) is 0 Å². The lowest BCUT2D eigenvalue weighted by atomic mass is 10.1. The lowest BCUT2D eigenvalue weighted by molar-refractivity contribution is -0.127. The van der Waals surface area contributed by atoms with Crippen LogP contribution in [0.5, 0.6) is 5.75 Å². The topological polar surface area (TPSA) is 93.5 Å². The summed E-state index contributed by atoms with van der Waals surface area (Å²) in [6.07, 6.45) is 0. The van der Waals surface area contributed by atoms with Crippen molar-refractivity contribution in [3.05, 3.63) is 29.8 Å². The first-order valence-electron chi connectivity index (χ1n) is 8.31. The molecule has 0 aliphatic heterocycles. The number of carbonyl (C=O) groups is 2. The molecule has 0 bridgehead atoms. The molecule has 1 atom stereocenters. The molecule has 0 fully saturated rings. The maximum atomic E-state index is 11.8. The summed E-state index contributed by atoms with van der Waals surface area (Å²) in [5.74, 6) is 0.694. The zero-order chi connectivity index (χ0) is 18.1.